The van der Waals surface area contributed by atoms with Crippen molar-refractivity contribution in [2.24, 2.45) is 0 Å². The molecule has 6 nitrogen and oxygen atoms in total. The number of alkyl halides is 4. The van der Waals surface area contributed by atoms with Crippen molar-refractivity contribution in [2.45, 2.75) is 36.8 Å². The van der Waals surface area contributed by atoms with Gasteiger partial charge < -0.3 is 20.6 Å². The summed E-state index contributed by atoms with van der Waals surface area (Å²) in [6, 6.07) is 14.9. The average Bonchev–Trinajstić information content (AvgIpc) is 3.65. The topological polar surface area (TPSA) is 81.4 Å². The lowest BCUT2D eigenvalue weighted by molar-refractivity contribution is 0.0201. The molecule has 2 aromatic heterocycles. The van der Waals surface area contributed by atoms with E-state index in [0.29, 0.717) is 11.6 Å². The second-order valence-corrected chi connectivity index (χ2v) is 9.51. The van der Waals surface area contributed by atoms with Gasteiger partial charge in [-0.25, -0.2) is 27.5 Å². The maximum Gasteiger partial charge on any atom is 0.262 e. The van der Waals surface area contributed by atoms with Gasteiger partial charge >= 0.3 is 0 Å². The van der Waals surface area contributed by atoms with Gasteiger partial charge in [-0.1, -0.05) is 48.5 Å². The van der Waals surface area contributed by atoms with Crippen molar-refractivity contribution in [3.05, 3.63) is 72.6 Å². The van der Waals surface area contributed by atoms with Crippen LogP contribution in [-0.4, -0.2) is 44.9 Å². The molecule has 4 N–H and O–H groups in total. The Balaban J connectivity index is 1.14. The van der Waals surface area contributed by atoms with E-state index in [-0.39, 0.29) is 25.9 Å². The summed E-state index contributed by atoms with van der Waals surface area (Å²) >= 11 is 0. The largest absolute Gasteiger partial charge is 0.341 e. The highest BCUT2D eigenvalue weighted by molar-refractivity contribution is 5.71. The van der Waals surface area contributed by atoms with Crippen LogP contribution in [-0.2, 0) is 0 Å². The highest BCUT2D eigenvalue weighted by Gasteiger charge is 2.41. The van der Waals surface area contributed by atoms with Crippen molar-refractivity contribution in [1.29, 1.82) is 0 Å². The minimum atomic E-state index is -2.71. The Kier molecular flexibility index (Phi) is 5.45. The van der Waals surface area contributed by atoms with E-state index in [1.54, 1.807) is 12.4 Å². The Labute approximate surface area is 204 Å². The minimum absolute atomic E-state index is 0.262. The second-order valence-electron chi connectivity index (χ2n) is 9.51. The standard InChI is InChI=1S/C26H24F4N6/c27-25(28)9-19(33-13-25)23-31-11-21(35-23)17-5-1-15(2-6-17)16-3-7-18(8-4-16)22-12-32-24(36-22)20-10-26(29,30)14-34-20/h1-8,11-12,19-20,33-34H,9-10,13-14H2,(H,31,35)(H,32,36). The molecule has 0 saturated carbocycles. The van der Waals surface area contributed by atoms with E-state index in [4.69, 9.17) is 0 Å². The van der Waals surface area contributed by atoms with E-state index < -0.39 is 23.9 Å². The van der Waals surface area contributed by atoms with Gasteiger partial charge in [0.15, 0.2) is 0 Å². The number of benzene rings is 2. The van der Waals surface area contributed by atoms with Crippen LogP contribution in [0, 0.1) is 0 Å². The predicted octanol–water partition coefficient (Wildman–Crippen LogP) is 5.47. The van der Waals surface area contributed by atoms with Crippen molar-refractivity contribution in [2.75, 3.05) is 13.1 Å². The maximum atomic E-state index is 13.5. The van der Waals surface area contributed by atoms with Gasteiger partial charge in [0.25, 0.3) is 11.8 Å². The third-order valence-electron chi connectivity index (χ3n) is 6.80. The van der Waals surface area contributed by atoms with Gasteiger partial charge in [-0.15, -0.1) is 0 Å². The van der Waals surface area contributed by atoms with Crippen LogP contribution in [0.2, 0.25) is 0 Å². The molecule has 0 radical (unpaired) electrons. The first-order valence-electron chi connectivity index (χ1n) is 11.8. The molecule has 4 heterocycles. The molecule has 2 aromatic carbocycles. The van der Waals surface area contributed by atoms with Crippen molar-refractivity contribution in [3.63, 3.8) is 0 Å². The van der Waals surface area contributed by atoms with Crippen LogP contribution < -0.4 is 10.6 Å². The van der Waals surface area contributed by atoms with Gasteiger partial charge in [0.2, 0.25) is 0 Å². The quantitative estimate of drug-likeness (QED) is 0.276. The lowest BCUT2D eigenvalue weighted by Crippen LogP contribution is -2.19. The molecular formula is C26H24F4N6. The third-order valence-corrected chi connectivity index (χ3v) is 6.80. The zero-order valence-corrected chi connectivity index (χ0v) is 19.2. The van der Waals surface area contributed by atoms with E-state index in [0.717, 1.165) is 33.6 Å². The van der Waals surface area contributed by atoms with Gasteiger partial charge in [-0.2, -0.15) is 0 Å². The molecule has 2 saturated heterocycles. The molecule has 4 aromatic rings. The van der Waals surface area contributed by atoms with E-state index >= 15 is 0 Å². The lowest BCUT2D eigenvalue weighted by Gasteiger charge is -2.07. The molecule has 36 heavy (non-hydrogen) atoms. The van der Waals surface area contributed by atoms with Crippen molar-refractivity contribution in [1.82, 2.24) is 30.6 Å². The van der Waals surface area contributed by atoms with E-state index in [9.17, 15) is 17.6 Å². The van der Waals surface area contributed by atoms with Crippen LogP contribution in [0.3, 0.4) is 0 Å². The summed E-state index contributed by atoms with van der Waals surface area (Å²) in [5.74, 6) is -4.39. The summed E-state index contributed by atoms with van der Waals surface area (Å²) in [5.41, 5.74) is 5.40. The SMILES string of the molecule is FC1(F)CNC(c2ncc(-c3ccc(-c4ccc(-c5cnc(C6CC(F)(F)CN6)[nH]5)cc4)cc3)[nH]2)C1. The normalized spacial score (nSPS) is 22.8. The number of rotatable bonds is 5. The molecule has 0 spiro atoms. The Bertz CT molecular complexity index is 1250. The van der Waals surface area contributed by atoms with Gasteiger partial charge in [0, 0.05) is 12.8 Å². The molecule has 2 aliphatic heterocycles. The van der Waals surface area contributed by atoms with Gasteiger partial charge in [-0.05, 0) is 22.3 Å². The van der Waals surface area contributed by atoms with Crippen LogP contribution in [0.25, 0.3) is 33.6 Å². The Morgan fingerprint density at radius 2 is 0.944 bits per heavy atom. The van der Waals surface area contributed by atoms with Crippen molar-refractivity contribution >= 4 is 0 Å². The summed E-state index contributed by atoms with van der Waals surface area (Å²) in [6.45, 7) is -0.668. The third kappa shape index (κ3) is 4.54. The summed E-state index contributed by atoms with van der Waals surface area (Å²) in [5, 5.41) is 5.62. The maximum absolute atomic E-state index is 13.5. The number of H-pyrrole nitrogens is 2. The molecule has 10 heteroatoms. The van der Waals surface area contributed by atoms with Crippen LogP contribution >= 0.6 is 0 Å². The van der Waals surface area contributed by atoms with E-state index in [1.807, 2.05) is 48.5 Å². The molecule has 0 amide bonds. The summed E-state index contributed by atoms with van der Waals surface area (Å²) < 4.78 is 54.0. The van der Waals surface area contributed by atoms with Crippen LogP contribution in [0.5, 0.6) is 0 Å². The summed E-state index contributed by atoms with van der Waals surface area (Å²) in [7, 11) is 0. The minimum Gasteiger partial charge on any atom is -0.341 e. The monoisotopic (exact) mass is 496 g/mol. The molecule has 0 bridgehead atoms. The fraction of sp³-hybridized carbons (Fsp3) is 0.308. The molecule has 0 aliphatic carbocycles. The van der Waals surface area contributed by atoms with Gasteiger partial charge in [-0.3, -0.25) is 0 Å². The first-order valence-corrected chi connectivity index (χ1v) is 11.8. The smallest absolute Gasteiger partial charge is 0.262 e. The van der Waals surface area contributed by atoms with Crippen molar-refractivity contribution < 1.29 is 17.6 Å². The fourth-order valence-corrected chi connectivity index (χ4v) is 4.82. The number of nitrogens with zero attached hydrogens (tertiary/aromatic N) is 2. The number of aromatic nitrogens is 4. The number of halogens is 4. The highest BCUT2D eigenvalue weighted by Crippen LogP contribution is 2.35. The molecule has 6 rings (SSSR count). The Morgan fingerprint density at radius 1 is 0.583 bits per heavy atom. The Hall–Kier alpha value is -3.50. The average molecular weight is 497 g/mol. The number of nitrogens with one attached hydrogen (secondary N) is 4. The first-order chi connectivity index (χ1) is 17.2. The van der Waals surface area contributed by atoms with E-state index in [1.165, 1.54) is 0 Å². The zero-order chi connectivity index (χ0) is 24.9. The van der Waals surface area contributed by atoms with Gasteiger partial charge in [0.1, 0.15) is 11.6 Å². The van der Waals surface area contributed by atoms with E-state index in [2.05, 4.69) is 30.6 Å². The molecule has 2 atom stereocenters. The molecular weight excluding hydrogens is 472 g/mol. The lowest BCUT2D eigenvalue weighted by atomic mass is 10.0. The van der Waals surface area contributed by atoms with Crippen molar-refractivity contribution in [3.8, 4) is 33.6 Å². The molecule has 2 unspecified atom stereocenters. The summed E-state index contributed by atoms with van der Waals surface area (Å²) in [4.78, 5) is 14.9. The number of imidazole rings is 2. The molecule has 186 valence electrons. The number of hydrogen-bond donors (Lipinski definition) is 4. The zero-order valence-electron chi connectivity index (χ0n) is 19.2. The first kappa shape index (κ1) is 22.9. The van der Waals surface area contributed by atoms with Crippen LogP contribution in [0.15, 0.2) is 60.9 Å². The molecule has 2 fully saturated rings. The number of hydrogen-bond acceptors (Lipinski definition) is 4. The highest BCUT2D eigenvalue weighted by atomic mass is 19.3. The predicted molar refractivity (Wildman–Crippen MR) is 128 cm³/mol. The number of aromatic amines is 2. The van der Waals surface area contributed by atoms with Crippen LogP contribution in [0.4, 0.5) is 17.6 Å². The second kappa shape index (κ2) is 8.56. The van der Waals surface area contributed by atoms with Crippen LogP contribution in [0.1, 0.15) is 36.6 Å². The fourth-order valence-electron chi connectivity index (χ4n) is 4.82. The molecule has 2 aliphatic rings. The van der Waals surface area contributed by atoms with Gasteiger partial charge in [0.05, 0.1) is 49.0 Å². The Morgan fingerprint density at radius 3 is 1.28 bits per heavy atom. The summed E-state index contributed by atoms with van der Waals surface area (Å²) in [6.07, 6.45) is 2.81.